The van der Waals surface area contributed by atoms with E-state index in [1.165, 1.54) is 154 Å². The lowest BCUT2D eigenvalue weighted by Gasteiger charge is -2.18. The minimum Gasteiger partial charge on any atom is -0.480 e. The predicted octanol–water partition coefficient (Wildman–Crippen LogP) is 13.7. The molecule has 0 rings (SSSR count). The molecule has 0 saturated heterocycles. The van der Waals surface area contributed by atoms with Crippen molar-refractivity contribution in [1.82, 2.24) is 5.32 Å². The summed E-state index contributed by atoms with van der Waals surface area (Å²) < 4.78 is 6.04. The van der Waals surface area contributed by atoms with E-state index in [-0.39, 0.29) is 24.5 Å². The van der Waals surface area contributed by atoms with Gasteiger partial charge in [-0.1, -0.05) is 180 Å². The zero-order valence-electron chi connectivity index (χ0n) is 34.0. The highest BCUT2D eigenvalue weighted by molar-refractivity contribution is 5.80. The van der Waals surface area contributed by atoms with Crippen LogP contribution in [-0.2, 0) is 19.1 Å². The van der Waals surface area contributed by atoms with Crippen LogP contribution in [0.1, 0.15) is 245 Å². The van der Waals surface area contributed by atoms with E-state index in [2.05, 4.69) is 31.3 Å². The summed E-state index contributed by atoms with van der Waals surface area (Å²) in [6, 6.07) is 0. The molecule has 0 spiro atoms. The molecule has 6 nitrogen and oxygen atoms in total. The first-order valence-electron chi connectivity index (χ1n) is 22.3. The van der Waals surface area contributed by atoms with E-state index in [0.29, 0.717) is 12.8 Å². The van der Waals surface area contributed by atoms with Crippen LogP contribution in [0.5, 0.6) is 0 Å². The molecule has 6 heteroatoms. The fraction of sp³-hybridized carbons (Fsp3) is 0.889. The molecule has 1 amide bonds. The Morgan fingerprint density at radius 3 is 1.25 bits per heavy atom. The van der Waals surface area contributed by atoms with Crippen molar-refractivity contribution >= 4 is 17.8 Å². The highest BCUT2D eigenvalue weighted by Crippen LogP contribution is 2.19. The van der Waals surface area contributed by atoms with Crippen LogP contribution in [0.3, 0.4) is 0 Å². The van der Waals surface area contributed by atoms with E-state index < -0.39 is 5.97 Å². The molecule has 0 fully saturated rings. The van der Waals surface area contributed by atoms with Crippen molar-refractivity contribution in [2.24, 2.45) is 0 Å². The highest BCUT2D eigenvalue weighted by atomic mass is 16.5. The summed E-state index contributed by atoms with van der Waals surface area (Å²) in [4.78, 5) is 35.0. The maximum Gasteiger partial charge on any atom is 0.322 e. The van der Waals surface area contributed by atoms with Gasteiger partial charge in [-0.25, -0.2) is 0 Å². The number of nitrogens with one attached hydrogen (secondary N) is 1. The maximum atomic E-state index is 12.8. The molecular weight excluding hydrogens is 634 g/mol. The lowest BCUT2D eigenvalue weighted by Crippen LogP contribution is -2.28. The summed E-state index contributed by atoms with van der Waals surface area (Å²) in [5, 5.41) is 11.1. The minimum atomic E-state index is -1.01. The number of carboxylic acid groups (broad SMARTS) is 1. The lowest BCUT2D eigenvalue weighted by atomic mass is 10.0. The van der Waals surface area contributed by atoms with Crippen molar-refractivity contribution < 1.29 is 24.2 Å². The maximum absolute atomic E-state index is 12.8. The number of hydrogen-bond acceptors (Lipinski definition) is 4. The van der Waals surface area contributed by atoms with Gasteiger partial charge in [0.1, 0.15) is 12.6 Å². The van der Waals surface area contributed by atoms with Gasteiger partial charge in [0.05, 0.1) is 0 Å². The van der Waals surface area contributed by atoms with Crippen molar-refractivity contribution in [3.05, 3.63) is 12.2 Å². The first-order chi connectivity index (χ1) is 25.0. The molecule has 51 heavy (non-hydrogen) atoms. The molecule has 0 aliphatic heterocycles. The third-order valence-electron chi connectivity index (χ3n) is 10.2. The topological polar surface area (TPSA) is 92.7 Å². The van der Waals surface area contributed by atoms with Gasteiger partial charge < -0.3 is 15.2 Å². The second-order valence-electron chi connectivity index (χ2n) is 15.3. The van der Waals surface area contributed by atoms with Crippen LogP contribution in [0.15, 0.2) is 12.2 Å². The van der Waals surface area contributed by atoms with Crippen molar-refractivity contribution in [3.63, 3.8) is 0 Å². The standard InChI is InChI=1S/C45H85NO5/c1-3-5-7-9-11-13-15-17-19-20-22-24-26-29-33-37-42(38-34-30-28-31-35-39-43(47)46-41-44(48)49)51-45(50)40-36-32-27-25-23-21-18-16-14-12-10-8-6-4-2/h16,18,42H,3-15,17,19-41H2,1-2H3,(H,46,47)(H,48,49)/b18-16-. The zero-order valence-corrected chi connectivity index (χ0v) is 34.0. The Morgan fingerprint density at radius 2 is 0.843 bits per heavy atom. The van der Waals surface area contributed by atoms with Crippen molar-refractivity contribution in [2.45, 2.75) is 251 Å². The second kappa shape index (κ2) is 40.9. The number of hydrogen-bond donors (Lipinski definition) is 2. The number of unbranched alkanes of at least 4 members (excludes halogenated alkanes) is 28. The number of allylic oxidation sites excluding steroid dienone is 2. The Morgan fingerprint density at radius 1 is 0.490 bits per heavy atom. The quantitative estimate of drug-likeness (QED) is 0.0373. The van der Waals surface area contributed by atoms with E-state index >= 15 is 0 Å². The molecule has 0 aliphatic carbocycles. The molecule has 0 bridgehead atoms. The Bertz CT molecular complexity index is 797. The second-order valence-corrected chi connectivity index (χ2v) is 15.3. The van der Waals surface area contributed by atoms with Crippen LogP contribution in [0.4, 0.5) is 0 Å². The number of amides is 1. The Balaban J connectivity index is 4.15. The van der Waals surface area contributed by atoms with Crippen molar-refractivity contribution in [1.29, 1.82) is 0 Å². The van der Waals surface area contributed by atoms with Gasteiger partial charge in [-0.15, -0.1) is 0 Å². The number of carbonyl (C=O) groups excluding carboxylic acids is 2. The number of ether oxygens (including phenoxy) is 1. The van der Waals surface area contributed by atoms with Gasteiger partial charge in [-0.05, 0) is 64.2 Å². The summed E-state index contributed by atoms with van der Waals surface area (Å²) in [5.41, 5.74) is 0. The monoisotopic (exact) mass is 720 g/mol. The van der Waals surface area contributed by atoms with Crippen molar-refractivity contribution in [2.75, 3.05) is 6.54 Å². The Labute approximate surface area is 316 Å². The Kier molecular flexibility index (Phi) is 39.4. The fourth-order valence-corrected chi connectivity index (χ4v) is 6.86. The van der Waals surface area contributed by atoms with Gasteiger partial charge in [0.2, 0.25) is 5.91 Å². The summed E-state index contributed by atoms with van der Waals surface area (Å²) in [7, 11) is 0. The lowest BCUT2D eigenvalue weighted by molar-refractivity contribution is -0.150. The third-order valence-corrected chi connectivity index (χ3v) is 10.2. The van der Waals surface area contributed by atoms with Crippen molar-refractivity contribution in [3.8, 4) is 0 Å². The normalized spacial score (nSPS) is 12.0. The molecule has 1 atom stereocenters. The van der Waals surface area contributed by atoms with E-state index in [4.69, 9.17) is 9.84 Å². The van der Waals surface area contributed by atoms with Crippen LogP contribution in [-0.4, -0.2) is 35.6 Å². The molecule has 0 aliphatic rings. The van der Waals surface area contributed by atoms with Crippen LogP contribution in [0, 0.1) is 0 Å². The zero-order chi connectivity index (χ0) is 37.3. The van der Waals surface area contributed by atoms with E-state index in [9.17, 15) is 14.4 Å². The van der Waals surface area contributed by atoms with Gasteiger partial charge in [0, 0.05) is 12.8 Å². The molecule has 0 aromatic heterocycles. The first-order valence-corrected chi connectivity index (χ1v) is 22.3. The number of esters is 1. The smallest absolute Gasteiger partial charge is 0.322 e. The SMILES string of the molecule is CCCCCCC/C=C\CCCCCCCC(=O)OC(CCCCCCCCCCCCCCCCC)CCCCCCCC(=O)NCC(=O)O. The summed E-state index contributed by atoms with van der Waals surface area (Å²) in [6.07, 6.45) is 47.6. The van der Waals surface area contributed by atoms with Gasteiger partial charge in [-0.3, -0.25) is 14.4 Å². The molecule has 0 saturated carbocycles. The average Bonchev–Trinajstić information content (AvgIpc) is 3.11. The largest absolute Gasteiger partial charge is 0.480 e. The van der Waals surface area contributed by atoms with Crippen LogP contribution in [0.25, 0.3) is 0 Å². The molecule has 0 aromatic rings. The number of rotatable bonds is 41. The van der Waals surface area contributed by atoms with Gasteiger partial charge in [-0.2, -0.15) is 0 Å². The number of carboxylic acids is 1. The minimum absolute atomic E-state index is 0.0183. The highest BCUT2D eigenvalue weighted by Gasteiger charge is 2.14. The van der Waals surface area contributed by atoms with E-state index in [0.717, 1.165) is 64.2 Å². The number of aliphatic carboxylic acids is 1. The molecule has 300 valence electrons. The van der Waals surface area contributed by atoms with Gasteiger partial charge >= 0.3 is 11.9 Å². The van der Waals surface area contributed by atoms with Gasteiger partial charge in [0.25, 0.3) is 0 Å². The summed E-state index contributed by atoms with van der Waals surface area (Å²) in [5.74, 6) is -1.22. The van der Waals surface area contributed by atoms with E-state index in [1.54, 1.807) is 0 Å². The Hall–Kier alpha value is -1.85. The van der Waals surface area contributed by atoms with Gasteiger partial charge in [0.15, 0.2) is 0 Å². The van der Waals surface area contributed by atoms with Crippen LogP contribution < -0.4 is 5.32 Å². The third kappa shape index (κ3) is 40.8. The molecule has 0 radical (unpaired) electrons. The molecule has 1 unspecified atom stereocenters. The average molecular weight is 720 g/mol. The predicted molar refractivity (Wildman–Crippen MR) is 217 cm³/mol. The molecule has 2 N–H and O–H groups in total. The number of carbonyl (C=O) groups is 3. The van der Waals surface area contributed by atoms with Crippen LogP contribution >= 0.6 is 0 Å². The molecular formula is C45H85NO5. The molecule has 0 heterocycles. The fourth-order valence-electron chi connectivity index (χ4n) is 6.86. The summed E-state index contributed by atoms with van der Waals surface area (Å²) in [6.45, 7) is 4.24. The first kappa shape index (κ1) is 49.1. The summed E-state index contributed by atoms with van der Waals surface area (Å²) >= 11 is 0. The molecule has 0 aromatic carbocycles. The van der Waals surface area contributed by atoms with E-state index in [1.807, 2.05) is 0 Å². The van der Waals surface area contributed by atoms with Crippen LogP contribution in [0.2, 0.25) is 0 Å².